The van der Waals surface area contributed by atoms with Gasteiger partial charge >= 0.3 is 0 Å². The second-order valence-corrected chi connectivity index (χ2v) is 9.94. The van der Waals surface area contributed by atoms with Gasteiger partial charge in [0.2, 0.25) is 0 Å². The van der Waals surface area contributed by atoms with Crippen molar-refractivity contribution in [3.63, 3.8) is 0 Å². The topological polar surface area (TPSA) is 73.3 Å². The number of hydrogen-bond acceptors (Lipinski definition) is 3. The smallest absolute Gasteiger partial charge is 0.267 e. The fraction of sp³-hybridized carbons (Fsp3) is 0.300. The molecule has 1 amide bonds. The SMILES string of the molecule is Cc1cc(C)c(CN(CCc2cn(C)c3ccccc23)C2CCc3cc(/C=C/C(=O)NO)ccc32)[nH]1. The first-order chi connectivity index (χ1) is 17.4. The maximum atomic E-state index is 11.4. The highest BCUT2D eigenvalue weighted by Crippen LogP contribution is 2.38. The summed E-state index contributed by atoms with van der Waals surface area (Å²) in [7, 11) is 2.12. The van der Waals surface area contributed by atoms with E-state index in [2.05, 4.69) is 90.1 Å². The van der Waals surface area contributed by atoms with E-state index < -0.39 is 5.91 Å². The van der Waals surface area contributed by atoms with Crippen molar-refractivity contribution in [3.05, 3.63) is 100 Å². The van der Waals surface area contributed by atoms with Crippen LogP contribution in [0.15, 0.2) is 60.8 Å². The Balaban J connectivity index is 1.42. The number of carbonyl (C=O) groups is 1. The average Bonchev–Trinajstić information content (AvgIpc) is 3.54. The third kappa shape index (κ3) is 4.87. The molecule has 1 unspecified atom stereocenters. The van der Waals surface area contributed by atoms with E-state index in [-0.39, 0.29) is 0 Å². The number of hydroxylamine groups is 1. The molecule has 0 saturated heterocycles. The number of carbonyl (C=O) groups excluding carboxylic acids is 1. The summed E-state index contributed by atoms with van der Waals surface area (Å²) < 4.78 is 2.23. The van der Waals surface area contributed by atoms with Gasteiger partial charge in [0.1, 0.15) is 0 Å². The van der Waals surface area contributed by atoms with Crippen LogP contribution in [0.1, 0.15) is 51.7 Å². The molecule has 1 atom stereocenters. The molecule has 186 valence electrons. The third-order valence-corrected chi connectivity index (χ3v) is 7.46. The summed E-state index contributed by atoms with van der Waals surface area (Å²) in [5.74, 6) is -0.524. The summed E-state index contributed by atoms with van der Waals surface area (Å²) in [4.78, 5) is 17.6. The summed E-state index contributed by atoms with van der Waals surface area (Å²) in [5, 5.41) is 10.1. The van der Waals surface area contributed by atoms with Gasteiger partial charge in [0.15, 0.2) is 0 Å². The van der Waals surface area contributed by atoms with Crippen LogP contribution in [0.3, 0.4) is 0 Å². The molecule has 2 heterocycles. The van der Waals surface area contributed by atoms with Gasteiger partial charge in [-0.05, 0) is 79.1 Å². The zero-order valence-electron chi connectivity index (χ0n) is 21.2. The average molecular weight is 483 g/mol. The first-order valence-electron chi connectivity index (χ1n) is 12.6. The van der Waals surface area contributed by atoms with Gasteiger partial charge in [-0.3, -0.25) is 14.9 Å². The lowest BCUT2D eigenvalue weighted by Gasteiger charge is -2.30. The van der Waals surface area contributed by atoms with Crippen LogP contribution in [0.4, 0.5) is 0 Å². The Bertz CT molecular complexity index is 1430. The molecule has 3 N–H and O–H groups in total. The number of rotatable bonds is 8. The Morgan fingerprint density at radius 2 is 2.06 bits per heavy atom. The molecule has 36 heavy (non-hydrogen) atoms. The monoisotopic (exact) mass is 482 g/mol. The molecule has 1 aliphatic rings. The number of para-hydroxylation sites is 1. The molecule has 0 fully saturated rings. The predicted molar refractivity (Wildman–Crippen MR) is 144 cm³/mol. The highest BCUT2D eigenvalue weighted by molar-refractivity contribution is 5.90. The molecule has 0 radical (unpaired) electrons. The highest BCUT2D eigenvalue weighted by atomic mass is 16.5. The van der Waals surface area contributed by atoms with Crippen molar-refractivity contribution in [2.45, 2.75) is 45.7 Å². The lowest BCUT2D eigenvalue weighted by atomic mass is 10.0. The minimum absolute atomic E-state index is 0.344. The van der Waals surface area contributed by atoms with E-state index in [1.54, 1.807) is 11.6 Å². The number of benzene rings is 2. The summed E-state index contributed by atoms with van der Waals surface area (Å²) in [6, 6.07) is 17.6. The molecule has 5 rings (SSSR count). The van der Waals surface area contributed by atoms with E-state index in [0.29, 0.717) is 6.04 Å². The maximum Gasteiger partial charge on any atom is 0.267 e. The quantitative estimate of drug-likeness (QED) is 0.179. The molecule has 4 aromatic rings. The molecular weight excluding hydrogens is 448 g/mol. The Hall–Kier alpha value is -3.61. The van der Waals surface area contributed by atoms with E-state index in [1.807, 2.05) is 0 Å². The lowest BCUT2D eigenvalue weighted by Crippen LogP contribution is -2.30. The number of nitrogens with one attached hydrogen (secondary N) is 2. The van der Waals surface area contributed by atoms with Crippen molar-refractivity contribution < 1.29 is 10.0 Å². The minimum atomic E-state index is -0.524. The molecule has 0 spiro atoms. The molecule has 0 saturated carbocycles. The van der Waals surface area contributed by atoms with Crippen LogP contribution < -0.4 is 5.48 Å². The van der Waals surface area contributed by atoms with Crippen molar-refractivity contribution in [1.29, 1.82) is 0 Å². The summed E-state index contributed by atoms with van der Waals surface area (Å²) >= 11 is 0. The number of aryl methyl sites for hydroxylation is 4. The largest absolute Gasteiger partial charge is 0.361 e. The van der Waals surface area contributed by atoms with Gasteiger partial charge in [-0.25, -0.2) is 5.48 Å². The number of H-pyrrole nitrogens is 1. The fourth-order valence-electron chi connectivity index (χ4n) is 5.69. The molecule has 0 aliphatic heterocycles. The van der Waals surface area contributed by atoms with Gasteiger partial charge in [-0.15, -0.1) is 0 Å². The van der Waals surface area contributed by atoms with Gasteiger partial charge in [0, 0.05) is 60.7 Å². The van der Waals surface area contributed by atoms with Gasteiger partial charge in [-0.1, -0.05) is 36.4 Å². The second kappa shape index (κ2) is 10.2. The minimum Gasteiger partial charge on any atom is -0.361 e. The van der Waals surface area contributed by atoms with E-state index in [4.69, 9.17) is 5.21 Å². The number of aromatic amines is 1. The molecule has 0 bridgehead atoms. The molecule has 2 aromatic carbocycles. The number of aromatic nitrogens is 2. The van der Waals surface area contributed by atoms with Gasteiger partial charge < -0.3 is 9.55 Å². The molecular formula is C30H34N4O2. The van der Waals surface area contributed by atoms with Crippen LogP contribution in [-0.2, 0) is 31.2 Å². The zero-order valence-corrected chi connectivity index (χ0v) is 21.2. The van der Waals surface area contributed by atoms with Crippen LogP contribution in [0.5, 0.6) is 0 Å². The summed E-state index contributed by atoms with van der Waals surface area (Å²) in [5.41, 5.74) is 11.8. The lowest BCUT2D eigenvalue weighted by molar-refractivity contribution is -0.124. The zero-order chi connectivity index (χ0) is 25.2. The van der Waals surface area contributed by atoms with Gasteiger partial charge in [-0.2, -0.15) is 0 Å². The normalized spacial score (nSPS) is 15.3. The van der Waals surface area contributed by atoms with Crippen molar-refractivity contribution in [2.24, 2.45) is 7.05 Å². The Kier molecular flexibility index (Phi) is 6.81. The van der Waals surface area contributed by atoms with E-state index in [0.717, 1.165) is 37.9 Å². The van der Waals surface area contributed by atoms with Crippen molar-refractivity contribution in [1.82, 2.24) is 19.9 Å². The Morgan fingerprint density at radius 3 is 2.83 bits per heavy atom. The first-order valence-corrected chi connectivity index (χ1v) is 12.6. The Labute approximate surface area is 212 Å². The highest BCUT2D eigenvalue weighted by Gasteiger charge is 2.29. The molecule has 1 aliphatic carbocycles. The van der Waals surface area contributed by atoms with Crippen molar-refractivity contribution in [2.75, 3.05) is 6.54 Å². The number of nitrogens with zero attached hydrogens (tertiary/aromatic N) is 2. The third-order valence-electron chi connectivity index (χ3n) is 7.46. The van der Waals surface area contributed by atoms with Gasteiger partial charge in [0.05, 0.1) is 0 Å². The number of fused-ring (bicyclic) bond motifs is 2. The van der Waals surface area contributed by atoms with E-state index in [1.165, 1.54) is 50.6 Å². The van der Waals surface area contributed by atoms with E-state index >= 15 is 0 Å². The maximum absolute atomic E-state index is 11.4. The first kappa shape index (κ1) is 24.1. The van der Waals surface area contributed by atoms with Crippen LogP contribution in [0, 0.1) is 13.8 Å². The Morgan fingerprint density at radius 1 is 1.22 bits per heavy atom. The van der Waals surface area contributed by atoms with Crippen molar-refractivity contribution in [3.8, 4) is 0 Å². The fourth-order valence-corrected chi connectivity index (χ4v) is 5.69. The van der Waals surface area contributed by atoms with E-state index in [9.17, 15) is 4.79 Å². The van der Waals surface area contributed by atoms with Crippen molar-refractivity contribution >= 4 is 22.9 Å². The summed E-state index contributed by atoms with van der Waals surface area (Å²) in [6.45, 7) is 6.15. The molecule has 2 aromatic heterocycles. The van der Waals surface area contributed by atoms with Crippen LogP contribution in [0.2, 0.25) is 0 Å². The van der Waals surface area contributed by atoms with Crippen LogP contribution in [-0.4, -0.2) is 32.1 Å². The molecule has 6 heteroatoms. The molecule has 6 nitrogen and oxygen atoms in total. The number of amides is 1. The standard InChI is InChI=1S/C30H34N4O2/c1-20-16-21(2)31-27(20)19-34(15-14-24-18-33(3)28-7-5-4-6-25(24)28)29-12-10-23-17-22(8-11-26(23)29)9-13-30(35)32-36/h4-9,11,13,16-18,29,31,36H,10,12,14-15,19H2,1-3H3,(H,32,35)/b13-9+. The van der Waals surface area contributed by atoms with Gasteiger partial charge in [0.25, 0.3) is 5.91 Å². The summed E-state index contributed by atoms with van der Waals surface area (Å²) in [6.07, 6.45) is 8.44. The number of hydrogen-bond donors (Lipinski definition) is 3. The van der Waals surface area contributed by atoms with Crippen LogP contribution >= 0.6 is 0 Å². The second-order valence-electron chi connectivity index (χ2n) is 9.94. The van der Waals surface area contributed by atoms with Crippen LogP contribution in [0.25, 0.3) is 17.0 Å². The predicted octanol–water partition coefficient (Wildman–Crippen LogP) is 5.37.